The Morgan fingerprint density at radius 3 is 2.70 bits per heavy atom. The van der Waals surface area contributed by atoms with E-state index in [0.29, 0.717) is 6.54 Å². The molecule has 1 fully saturated rings. The molecule has 0 radical (unpaired) electrons. The molecule has 2 N–H and O–H groups in total. The van der Waals surface area contributed by atoms with E-state index in [1.165, 1.54) is 0 Å². The minimum atomic E-state index is -0.967. The molecule has 0 unspecified atom stereocenters. The van der Waals surface area contributed by atoms with Gasteiger partial charge >= 0.3 is 0 Å². The Bertz CT molecular complexity index is 913. The molecule has 2 aromatic carbocycles. The number of carbonyl (C=O) groups is 2. The quantitative estimate of drug-likeness (QED) is 0.346. The first-order valence-electron chi connectivity index (χ1n) is 8.08. The van der Waals surface area contributed by atoms with Crippen molar-refractivity contribution in [2.24, 2.45) is 11.0 Å². The van der Waals surface area contributed by atoms with Gasteiger partial charge in [-0.3, -0.25) is 19.7 Å². The second-order valence-corrected chi connectivity index (χ2v) is 5.95. The number of benzene rings is 2. The molecule has 1 heterocycles. The van der Waals surface area contributed by atoms with Crippen LogP contribution in [0.4, 0.5) is 5.69 Å². The molecular weight excluding hydrogens is 352 g/mol. The van der Waals surface area contributed by atoms with Gasteiger partial charge in [-0.2, -0.15) is 5.10 Å². The second-order valence-electron chi connectivity index (χ2n) is 5.95. The van der Waals surface area contributed by atoms with E-state index >= 15 is 0 Å². The predicted octanol–water partition coefficient (Wildman–Crippen LogP) is 0.648. The van der Waals surface area contributed by atoms with Crippen LogP contribution in [0.1, 0.15) is 17.0 Å². The zero-order valence-electron chi connectivity index (χ0n) is 14.0. The fourth-order valence-corrected chi connectivity index (χ4v) is 2.97. The van der Waals surface area contributed by atoms with Crippen molar-refractivity contribution < 1.29 is 19.6 Å². The van der Waals surface area contributed by atoms with Crippen molar-refractivity contribution in [2.75, 3.05) is 6.54 Å². The molecule has 0 aromatic heterocycles. The lowest BCUT2D eigenvalue weighted by Gasteiger charge is -2.15. The second kappa shape index (κ2) is 7.65. The van der Waals surface area contributed by atoms with Crippen LogP contribution in [0.3, 0.4) is 0 Å². The fraction of sp³-hybridized carbons (Fsp3) is 0.167. The summed E-state index contributed by atoms with van der Waals surface area (Å²) in [6.45, 7) is 0.328. The standard InChI is InChI=1S/C18H16N4O5/c23-13-6-7-15(22(26)27)12(8-13)9-20-21-18(25)16-14(10-19-17(16)24)11-4-2-1-3-5-11/h1-9,14,16,23H,10H2,(H,19,24)(H,21,25)/p-1/b20-9+/t14-,16+/m1/s1. The summed E-state index contributed by atoms with van der Waals surface area (Å²) < 4.78 is 0. The molecule has 3 rings (SSSR count). The number of carbonyl (C=O) groups excluding carboxylic acids is 2. The summed E-state index contributed by atoms with van der Waals surface area (Å²) in [6, 6.07) is 12.3. The Morgan fingerprint density at radius 2 is 2.00 bits per heavy atom. The molecule has 0 saturated carbocycles. The Balaban J connectivity index is 1.75. The summed E-state index contributed by atoms with van der Waals surface area (Å²) in [7, 11) is 0. The third-order valence-corrected chi connectivity index (χ3v) is 4.27. The lowest BCUT2D eigenvalue weighted by Crippen LogP contribution is -2.34. The molecule has 2 atom stereocenters. The largest absolute Gasteiger partial charge is 0.872 e. The summed E-state index contributed by atoms with van der Waals surface area (Å²) in [4.78, 5) is 34.8. The third-order valence-electron chi connectivity index (χ3n) is 4.27. The van der Waals surface area contributed by atoms with Crippen molar-refractivity contribution in [3.05, 3.63) is 69.8 Å². The van der Waals surface area contributed by atoms with Crippen LogP contribution in [0.5, 0.6) is 5.75 Å². The lowest BCUT2D eigenvalue weighted by molar-refractivity contribution is -0.385. The maximum absolute atomic E-state index is 12.4. The number of amides is 2. The maximum Gasteiger partial charge on any atom is 0.278 e. The Kier molecular flexibility index (Phi) is 5.11. The molecule has 2 aromatic rings. The van der Waals surface area contributed by atoms with Gasteiger partial charge in [-0.15, -0.1) is 5.75 Å². The number of nitro groups is 1. The lowest BCUT2D eigenvalue weighted by atomic mass is 9.88. The van der Waals surface area contributed by atoms with Gasteiger partial charge in [-0.05, 0) is 5.56 Å². The van der Waals surface area contributed by atoms with Crippen LogP contribution in [0.2, 0.25) is 0 Å². The number of hydrazone groups is 1. The normalized spacial score (nSPS) is 19.0. The predicted molar refractivity (Wildman–Crippen MR) is 94.0 cm³/mol. The van der Waals surface area contributed by atoms with E-state index in [1.54, 1.807) is 0 Å². The number of hydrogen-bond acceptors (Lipinski definition) is 6. The molecule has 138 valence electrons. The maximum atomic E-state index is 12.4. The van der Waals surface area contributed by atoms with Gasteiger partial charge in [-0.1, -0.05) is 42.5 Å². The molecule has 0 bridgehead atoms. The fourth-order valence-electron chi connectivity index (χ4n) is 2.97. The molecule has 2 amide bonds. The van der Waals surface area contributed by atoms with Gasteiger partial charge in [0.25, 0.3) is 11.6 Å². The summed E-state index contributed by atoms with van der Waals surface area (Å²) in [5, 5.41) is 28.7. The van der Waals surface area contributed by atoms with Crippen LogP contribution in [0.25, 0.3) is 0 Å². The van der Waals surface area contributed by atoms with E-state index in [9.17, 15) is 24.8 Å². The minimum absolute atomic E-state index is 0.0386. The Morgan fingerprint density at radius 1 is 1.26 bits per heavy atom. The van der Waals surface area contributed by atoms with Gasteiger partial charge in [0, 0.05) is 18.5 Å². The molecule has 1 aliphatic heterocycles. The van der Waals surface area contributed by atoms with Gasteiger partial charge in [-0.25, -0.2) is 5.43 Å². The number of nitrogens with one attached hydrogen (secondary N) is 2. The van der Waals surface area contributed by atoms with Crippen LogP contribution < -0.4 is 15.8 Å². The summed E-state index contributed by atoms with van der Waals surface area (Å²) >= 11 is 0. The minimum Gasteiger partial charge on any atom is -0.872 e. The third kappa shape index (κ3) is 3.92. The SMILES string of the molecule is O=C1NC[C@H](c2ccccc2)[C@@H]1C(=O)N/N=C/c1cc([O-])ccc1[N+](=O)[O-]. The van der Waals surface area contributed by atoms with E-state index in [1.807, 2.05) is 30.3 Å². The molecule has 9 nitrogen and oxygen atoms in total. The first kappa shape index (κ1) is 18.1. The van der Waals surface area contributed by atoms with Crippen LogP contribution in [0, 0.1) is 16.0 Å². The summed E-state index contributed by atoms with van der Waals surface area (Å²) in [5.41, 5.74) is 2.73. The van der Waals surface area contributed by atoms with Crippen LogP contribution in [-0.4, -0.2) is 29.5 Å². The highest BCUT2D eigenvalue weighted by Crippen LogP contribution is 2.29. The average Bonchev–Trinajstić information content (AvgIpc) is 3.04. The van der Waals surface area contributed by atoms with Gasteiger partial charge in [0.15, 0.2) is 0 Å². The van der Waals surface area contributed by atoms with Gasteiger partial charge in [0.1, 0.15) is 5.92 Å². The monoisotopic (exact) mass is 367 g/mol. The van der Waals surface area contributed by atoms with E-state index in [4.69, 9.17) is 0 Å². The first-order chi connectivity index (χ1) is 13.0. The van der Waals surface area contributed by atoms with E-state index in [-0.39, 0.29) is 17.2 Å². The molecule has 1 aliphatic rings. The molecule has 0 spiro atoms. The van der Waals surface area contributed by atoms with Crippen molar-refractivity contribution in [2.45, 2.75) is 5.92 Å². The number of nitro benzene ring substituents is 1. The van der Waals surface area contributed by atoms with Crippen molar-refractivity contribution in [3.63, 3.8) is 0 Å². The van der Waals surface area contributed by atoms with Crippen LogP contribution >= 0.6 is 0 Å². The van der Waals surface area contributed by atoms with Gasteiger partial charge in [0.05, 0.1) is 16.7 Å². The molecular formula is C18H15N4O5-. The topological polar surface area (TPSA) is 137 Å². The van der Waals surface area contributed by atoms with Gasteiger partial charge in [0.2, 0.25) is 5.91 Å². The van der Waals surface area contributed by atoms with Crippen LogP contribution in [-0.2, 0) is 9.59 Å². The first-order valence-corrected chi connectivity index (χ1v) is 8.08. The van der Waals surface area contributed by atoms with Crippen molar-refractivity contribution in [1.29, 1.82) is 0 Å². The highest BCUT2D eigenvalue weighted by molar-refractivity contribution is 6.03. The number of hydrogen-bond donors (Lipinski definition) is 2. The molecule has 0 aliphatic carbocycles. The number of nitrogens with zero attached hydrogens (tertiary/aromatic N) is 2. The highest BCUT2D eigenvalue weighted by atomic mass is 16.6. The smallest absolute Gasteiger partial charge is 0.278 e. The highest BCUT2D eigenvalue weighted by Gasteiger charge is 2.40. The Labute approximate surface area is 153 Å². The van der Waals surface area contributed by atoms with E-state index < -0.39 is 28.4 Å². The van der Waals surface area contributed by atoms with Crippen molar-refractivity contribution in [1.82, 2.24) is 10.7 Å². The molecule has 27 heavy (non-hydrogen) atoms. The summed E-state index contributed by atoms with van der Waals surface area (Å²) in [6.07, 6.45) is 1.02. The molecule has 9 heteroatoms. The van der Waals surface area contributed by atoms with Crippen molar-refractivity contribution in [3.8, 4) is 5.75 Å². The Hall–Kier alpha value is -3.75. The van der Waals surface area contributed by atoms with E-state index in [2.05, 4.69) is 15.8 Å². The molecule has 1 saturated heterocycles. The van der Waals surface area contributed by atoms with E-state index in [0.717, 1.165) is 30.0 Å². The number of rotatable bonds is 5. The summed E-state index contributed by atoms with van der Waals surface area (Å²) in [5.74, 6) is -2.77. The van der Waals surface area contributed by atoms with Crippen molar-refractivity contribution >= 4 is 23.7 Å². The van der Waals surface area contributed by atoms with Crippen LogP contribution in [0.15, 0.2) is 53.6 Å². The zero-order valence-corrected chi connectivity index (χ0v) is 14.0. The average molecular weight is 367 g/mol. The van der Waals surface area contributed by atoms with Gasteiger partial charge < -0.3 is 10.4 Å². The zero-order chi connectivity index (χ0) is 19.4.